The summed E-state index contributed by atoms with van der Waals surface area (Å²) >= 11 is 0. The molecule has 0 heterocycles. The van der Waals surface area contributed by atoms with Gasteiger partial charge >= 0.3 is 0 Å². The summed E-state index contributed by atoms with van der Waals surface area (Å²) in [7, 11) is 4.24. The lowest BCUT2D eigenvalue weighted by atomic mass is 10.1. The Labute approximate surface area is 106 Å². The molecule has 0 aromatic heterocycles. The molecule has 0 fully saturated rings. The molecule has 0 spiro atoms. The van der Waals surface area contributed by atoms with Gasteiger partial charge in [-0.05, 0) is 46.8 Å². The highest BCUT2D eigenvalue weighted by atomic mass is 16.1. The molecule has 0 atom stereocenters. The van der Waals surface area contributed by atoms with Gasteiger partial charge < -0.3 is 10.6 Å². The number of nitrogens with two attached hydrogens (primary N) is 1. The first-order valence-electron chi connectivity index (χ1n) is 6.65. The van der Waals surface area contributed by atoms with E-state index in [0.717, 1.165) is 12.8 Å². The Morgan fingerprint density at radius 2 is 1.59 bits per heavy atom. The molecule has 0 unspecified atom stereocenters. The van der Waals surface area contributed by atoms with Gasteiger partial charge in [-0.3, -0.25) is 4.79 Å². The minimum atomic E-state index is -0.298. The van der Waals surface area contributed by atoms with E-state index in [0.29, 0.717) is 5.57 Å². The van der Waals surface area contributed by atoms with Crippen molar-refractivity contribution in [2.45, 2.75) is 51.9 Å². The molecule has 2 N–H and O–H groups in total. The van der Waals surface area contributed by atoms with Crippen LogP contribution in [0.3, 0.4) is 0 Å². The molecule has 0 aromatic carbocycles. The van der Waals surface area contributed by atoms with Crippen LogP contribution in [0.25, 0.3) is 0 Å². The third-order valence-electron chi connectivity index (χ3n) is 2.90. The number of carbonyl (C=O) groups excluding carboxylic acids is 1. The summed E-state index contributed by atoms with van der Waals surface area (Å²) in [4.78, 5) is 13.0. The van der Waals surface area contributed by atoms with Crippen molar-refractivity contribution >= 4 is 5.91 Å². The van der Waals surface area contributed by atoms with Gasteiger partial charge in [0.1, 0.15) is 0 Å². The van der Waals surface area contributed by atoms with Crippen LogP contribution < -0.4 is 5.73 Å². The summed E-state index contributed by atoms with van der Waals surface area (Å²) in [5.74, 6) is -0.298. The molecule has 0 saturated carbocycles. The first-order chi connectivity index (χ1) is 8.04. The summed E-state index contributed by atoms with van der Waals surface area (Å²) in [6, 6.07) is 0. The van der Waals surface area contributed by atoms with Gasteiger partial charge in [-0.15, -0.1) is 0 Å². The van der Waals surface area contributed by atoms with Crippen molar-refractivity contribution in [2.75, 3.05) is 20.6 Å². The largest absolute Gasteiger partial charge is 0.366 e. The van der Waals surface area contributed by atoms with E-state index >= 15 is 0 Å². The third kappa shape index (κ3) is 11.4. The summed E-state index contributed by atoms with van der Waals surface area (Å²) in [5.41, 5.74) is 5.84. The highest BCUT2D eigenvalue weighted by molar-refractivity contribution is 5.91. The van der Waals surface area contributed by atoms with Crippen LogP contribution >= 0.6 is 0 Å². The molecule has 0 aliphatic carbocycles. The first-order valence-corrected chi connectivity index (χ1v) is 6.65. The second-order valence-electron chi connectivity index (χ2n) is 4.96. The van der Waals surface area contributed by atoms with Crippen molar-refractivity contribution < 1.29 is 4.79 Å². The Morgan fingerprint density at radius 1 is 1.06 bits per heavy atom. The van der Waals surface area contributed by atoms with Crippen molar-refractivity contribution in [3.63, 3.8) is 0 Å². The van der Waals surface area contributed by atoms with E-state index in [1.165, 1.54) is 38.6 Å². The molecule has 3 heteroatoms. The number of hydrogen-bond donors (Lipinski definition) is 1. The van der Waals surface area contributed by atoms with Gasteiger partial charge in [0.2, 0.25) is 5.91 Å². The molecule has 0 bridgehead atoms. The lowest BCUT2D eigenvalue weighted by molar-refractivity contribution is -0.114. The average Bonchev–Trinajstić information content (AvgIpc) is 2.25. The minimum absolute atomic E-state index is 0.298. The summed E-state index contributed by atoms with van der Waals surface area (Å²) in [6.45, 7) is 2.98. The normalized spacial score (nSPS) is 12.1. The van der Waals surface area contributed by atoms with Crippen LogP contribution in [0.2, 0.25) is 0 Å². The fourth-order valence-corrected chi connectivity index (χ4v) is 1.70. The van der Waals surface area contributed by atoms with Crippen LogP contribution in [0.1, 0.15) is 51.9 Å². The zero-order chi connectivity index (χ0) is 13.1. The van der Waals surface area contributed by atoms with Crippen LogP contribution in [-0.2, 0) is 4.79 Å². The van der Waals surface area contributed by atoms with Crippen LogP contribution in [0.15, 0.2) is 11.6 Å². The molecule has 0 saturated heterocycles. The fraction of sp³-hybridized carbons (Fsp3) is 0.786. The second-order valence-corrected chi connectivity index (χ2v) is 4.96. The average molecular weight is 240 g/mol. The van der Waals surface area contributed by atoms with Gasteiger partial charge in [0.25, 0.3) is 0 Å². The van der Waals surface area contributed by atoms with Gasteiger partial charge in [-0.25, -0.2) is 0 Å². The van der Waals surface area contributed by atoms with Crippen molar-refractivity contribution in [3.05, 3.63) is 11.6 Å². The highest BCUT2D eigenvalue weighted by Crippen LogP contribution is 2.08. The van der Waals surface area contributed by atoms with Gasteiger partial charge in [0.05, 0.1) is 0 Å². The molecule has 0 rings (SSSR count). The van der Waals surface area contributed by atoms with E-state index in [1.54, 1.807) is 6.92 Å². The van der Waals surface area contributed by atoms with E-state index < -0.39 is 0 Å². The molecule has 100 valence electrons. The van der Waals surface area contributed by atoms with Crippen molar-refractivity contribution in [2.24, 2.45) is 5.73 Å². The van der Waals surface area contributed by atoms with Gasteiger partial charge in [0, 0.05) is 5.57 Å². The summed E-state index contributed by atoms with van der Waals surface area (Å²) in [6.07, 6.45) is 10.6. The third-order valence-corrected chi connectivity index (χ3v) is 2.90. The SMILES string of the molecule is C/C(=C\CCCCCCCCN(C)C)C(N)=O. The number of hydrogen-bond acceptors (Lipinski definition) is 2. The van der Waals surface area contributed by atoms with Crippen LogP contribution in [0, 0.1) is 0 Å². The maximum absolute atomic E-state index is 10.7. The molecule has 0 aromatic rings. The van der Waals surface area contributed by atoms with E-state index in [2.05, 4.69) is 19.0 Å². The second kappa shape index (κ2) is 10.3. The Bertz CT molecular complexity index is 234. The fourth-order valence-electron chi connectivity index (χ4n) is 1.70. The predicted octanol–water partition coefficient (Wildman–Crippen LogP) is 2.71. The monoisotopic (exact) mass is 240 g/mol. The lowest BCUT2D eigenvalue weighted by Crippen LogP contribution is -2.12. The molecule has 0 radical (unpaired) electrons. The Kier molecular flexibility index (Phi) is 9.83. The van der Waals surface area contributed by atoms with Crippen LogP contribution in [-0.4, -0.2) is 31.4 Å². The number of unbranched alkanes of at least 4 members (excludes halogenated alkanes) is 6. The molecular formula is C14H28N2O. The number of amides is 1. The van der Waals surface area contributed by atoms with E-state index in [-0.39, 0.29) is 5.91 Å². The Balaban J connectivity index is 3.24. The topological polar surface area (TPSA) is 46.3 Å². The van der Waals surface area contributed by atoms with Crippen LogP contribution in [0.5, 0.6) is 0 Å². The number of nitrogens with zero attached hydrogens (tertiary/aromatic N) is 1. The summed E-state index contributed by atoms with van der Waals surface area (Å²) in [5, 5.41) is 0. The minimum Gasteiger partial charge on any atom is -0.366 e. The zero-order valence-corrected chi connectivity index (χ0v) is 11.7. The molecule has 17 heavy (non-hydrogen) atoms. The van der Waals surface area contributed by atoms with E-state index in [4.69, 9.17) is 5.73 Å². The molecule has 0 aliphatic rings. The van der Waals surface area contributed by atoms with Crippen molar-refractivity contribution in [1.82, 2.24) is 4.90 Å². The van der Waals surface area contributed by atoms with E-state index in [1.807, 2.05) is 6.08 Å². The van der Waals surface area contributed by atoms with Gasteiger partial charge in [-0.1, -0.05) is 31.8 Å². The maximum Gasteiger partial charge on any atom is 0.244 e. The lowest BCUT2D eigenvalue weighted by Gasteiger charge is -2.08. The molecule has 1 amide bonds. The predicted molar refractivity (Wildman–Crippen MR) is 73.8 cm³/mol. The van der Waals surface area contributed by atoms with Crippen molar-refractivity contribution in [3.8, 4) is 0 Å². The quantitative estimate of drug-likeness (QED) is 0.471. The number of primary amides is 1. The maximum atomic E-state index is 10.7. The summed E-state index contributed by atoms with van der Waals surface area (Å²) < 4.78 is 0. The number of allylic oxidation sites excluding steroid dienone is 1. The van der Waals surface area contributed by atoms with Crippen molar-refractivity contribution in [1.29, 1.82) is 0 Å². The van der Waals surface area contributed by atoms with E-state index in [9.17, 15) is 4.79 Å². The zero-order valence-electron chi connectivity index (χ0n) is 11.7. The molecule has 3 nitrogen and oxygen atoms in total. The first kappa shape index (κ1) is 16.2. The highest BCUT2D eigenvalue weighted by Gasteiger charge is 1.96. The van der Waals surface area contributed by atoms with Gasteiger partial charge in [0.15, 0.2) is 0 Å². The number of rotatable bonds is 10. The van der Waals surface area contributed by atoms with Crippen LogP contribution in [0.4, 0.5) is 0 Å². The van der Waals surface area contributed by atoms with Gasteiger partial charge in [-0.2, -0.15) is 0 Å². The molecular weight excluding hydrogens is 212 g/mol. The molecule has 0 aliphatic heterocycles. The number of carbonyl (C=O) groups is 1. The Hall–Kier alpha value is -0.830. The Morgan fingerprint density at radius 3 is 2.12 bits per heavy atom. The smallest absolute Gasteiger partial charge is 0.244 e. The standard InChI is InChI=1S/C14H28N2O/c1-13(14(15)17)11-9-7-5-4-6-8-10-12-16(2)3/h11H,4-10,12H2,1-3H3,(H2,15,17)/b13-11+.